The molecular weight excluding hydrogens is 477 g/mol. The van der Waals surface area contributed by atoms with Crippen molar-refractivity contribution >= 4 is 63.4 Å². The van der Waals surface area contributed by atoms with E-state index in [9.17, 15) is 10.1 Å². The van der Waals surface area contributed by atoms with Crippen LogP contribution in [-0.4, -0.2) is 10.5 Å². The minimum atomic E-state index is -0.505. The molecule has 0 aliphatic rings. The maximum Gasteiger partial charge on any atom is 0.266 e. The van der Waals surface area contributed by atoms with E-state index in [0.29, 0.717) is 27.3 Å². The number of rotatable bonds is 5. The van der Waals surface area contributed by atoms with Gasteiger partial charge in [-0.3, -0.25) is 4.79 Å². The second-order valence-corrected chi connectivity index (χ2v) is 8.80. The van der Waals surface area contributed by atoms with Crippen molar-refractivity contribution in [2.75, 3.05) is 5.32 Å². The van der Waals surface area contributed by atoms with Gasteiger partial charge in [-0.1, -0.05) is 65.1 Å². The van der Waals surface area contributed by atoms with Gasteiger partial charge in [0.1, 0.15) is 11.6 Å². The van der Waals surface area contributed by atoms with Gasteiger partial charge in [0.05, 0.1) is 0 Å². The number of para-hydroxylation sites is 1. The minimum Gasteiger partial charge on any atom is -0.342 e. The van der Waals surface area contributed by atoms with E-state index < -0.39 is 5.91 Å². The summed E-state index contributed by atoms with van der Waals surface area (Å²) in [4.78, 5) is 12.8. The highest BCUT2D eigenvalue weighted by Gasteiger charge is 2.14. The topological polar surface area (TPSA) is 57.8 Å². The summed E-state index contributed by atoms with van der Waals surface area (Å²) in [5.74, 6) is -0.505. The summed E-state index contributed by atoms with van der Waals surface area (Å²) < 4.78 is 2.03. The molecule has 164 valence electrons. The Labute approximate surface area is 206 Å². The van der Waals surface area contributed by atoms with Gasteiger partial charge in [0.25, 0.3) is 5.91 Å². The second kappa shape index (κ2) is 9.72. The normalized spacial score (nSPS) is 11.4. The predicted octanol–water partition coefficient (Wildman–Crippen LogP) is 7.50. The van der Waals surface area contributed by atoms with E-state index in [2.05, 4.69) is 5.32 Å². The van der Waals surface area contributed by atoms with Crippen LogP contribution in [0, 0.1) is 18.3 Å². The molecule has 1 N–H and O–H groups in total. The molecule has 1 amide bonds. The van der Waals surface area contributed by atoms with E-state index in [1.54, 1.807) is 30.3 Å². The molecule has 0 radical (unpaired) electrons. The van der Waals surface area contributed by atoms with Crippen LogP contribution in [0.5, 0.6) is 0 Å². The van der Waals surface area contributed by atoms with Crippen molar-refractivity contribution in [3.63, 3.8) is 0 Å². The summed E-state index contributed by atoms with van der Waals surface area (Å²) in [7, 11) is 0. The number of carbonyl (C=O) groups excluding carboxylic acids is 1. The Hall–Kier alpha value is -3.23. The van der Waals surface area contributed by atoms with E-state index in [-0.39, 0.29) is 5.57 Å². The molecule has 0 unspecified atom stereocenters. The van der Waals surface area contributed by atoms with Crippen LogP contribution in [0.4, 0.5) is 5.69 Å². The van der Waals surface area contributed by atoms with E-state index in [1.165, 1.54) is 0 Å². The number of aromatic nitrogens is 1. The molecule has 0 aliphatic carbocycles. The SMILES string of the molecule is Cc1ccc(NC(=O)/C(C#N)=C\c2cn(Cc3ccc(Cl)cc3Cl)c3ccccc23)cc1Cl. The molecule has 0 atom stereocenters. The van der Waals surface area contributed by atoms with Crippen molar-refractivity contribution in [1.29, 1.82) is 5.26 Å². The van der Waals surface area contributed by atoms with E-state index in [4.69, 9.17) is 34.8 Å². The van der Waals surface area contributed by atoms with Gasteiger partial charge < -0.3 is 9.88 Å². The molecule has 4 aromatic rings. The number of nitriles is 1. The zero-order valence-electron chi connectivity index (χ0n) is 17.6. The number of halogens is 3. The highest BCUT2D eigenvalue weighted by atomic mass is 35.5. The molecule has 1 heterocycles. The summed E-state index contributed by atoms with van der Waals surface area (Å²) in [5.41, 5.74) is 4.03. The van der Waals surface area contributed by atoms with Crippen LogP contribution in [0.1, 0.15) is 16.7 Å². The Morgan fingerprint density at radius 1 is 1.06 bits per heavy atom. The molecule has 4 rings (SSSR count). The molecule has 0 aliphatic heterocycles. The lowest BCUT2D eigenvalue weighted by Gasteiger charge is -2.08. The third-order valence-corrected chi connectivity index (χ3v) is 6.26. The van der Waals surface area contributed by atoms with Crippen molar-refractivity contribution in [3.8, 4) is 6.07 Å². The predicted molar refractivity (Wildman–Crippen MR) is 136 cm³/mol. The fourth-order valence-corrected chi connectivity index (χ4v) is 4.18. The van der Waals surface area contributed by atoms with Gasteiger partial charge in [-0.15, -0.1) is 0 Å². The molecule has 0 saturated carbocycles. The van der Waals surface area contributed by atoms with Crippen molar-refractivity contribution in [1.82, 2.24) is 4.57 Å². The van der Waals surface area contributed by atoms with Crippen LogP contribution in [0.3, 0.4) is 0 Å². The summed E-state index contributed by atoms with van der Waals surface area (Å²) in [6.45, 7) is 2.39. The lowest BCUT2D eigenvalue weighted by molar-refractivity contribution is -0.112. The first-order chi connectivity index (χ1) is 15.9. The van der Waals surface area contributed by atoms with Crippen molar-refractivity contribution in [2.45, 2.75) is 13.5 Å². The maximum absolute atomic E-state index is 12.8. The number of amides is 1. The molecule has 0 bridgehead atoms. The number of nitrogens with zero attached hydrogens (tertiary/aromatic N) is 2. The van der Waals surface area contributed by atoms with Crippen LogP contribution in [0.15, 0.2) is 72.4 Å². The first-order valence-corrected chi connectivity index (χ1v) is 11.2. The minimum absolute atomic E-state index is 0.0147. The van der Waals surface area contributed by atoms with Gasteiger partial charge in [0, 0.05) is 50.0 Å². The van der Waals surface area contributed by atoms with Crippen LogP contribution < -0.4 is 5.32 Å². The molecule has 1 aromatic heterocycles. The van der Waals surface area contributed by atoms with Crippen LogP contribution >= 0.6 is 34.8 Å². The summed E-state index contributed by atoms with van der Waals surface area (Å²) in [5, 5.41) is 15.0. The Kier molecular flexibility index (Phi) is 6.76. The van der Waals surface area contributed by atoms with Gasteiger partial charge in [-0.05, 0) is 54.5 Å². The van der Waals surface area contributed by atoms with E-state index in [1.807, 2.05) is 60.2 Å². The quantitative estimate of drug-likeness (QED) is 0.231. The number of hydrogen-bond donors (Lipinski definition) is 1. The second-order valence-electron chi connectivity index (χ2n) is 7.55. The zero-order valence-corrected chi connectivity index (χ0v) is 19.8. The molecule has 4 nitrogen and oxygen atoms in total. The van der Waals surface area contributed by atoms with Crippen LogP contribution in [0.25, 0.3) is 17.0 Å². The first kappa shape index (κ1) is 22.9. The van der Waals surface area contributed by atoms with Crippen molar-refractivity contribution < 1.29 is 4.79 Å². The van der Waals surface area contributed by atoms with Gasteiger partial charge in [-0.2, -0.15) is 5.26 Å². The lowest BCUT2D eigenvalue weighted by atomic mass is 10.1. The lowest BCUT2D eigenvalue weighted by Crippen LogP contribution is -2.13. The third kappa shape index (κ3) is 5.07. The molecule has 0 saturated heterocycles. The molecule has 0 spiro atoms. The fraction of sp³-hybridized carbons (Fsp3) is 0.0769. The number of fused-ring (bicyclic) bond motifs is 1. The number of carbonyl (C=O) groups is 1. The highest BCUT2D eigenvalue weighted by molar-refractivity contribution is 6.35. The monoisotopic (exact) mass is 493 g/mol. The Morgan fingerprint density at radius 3 is 2.58 bits per heavy atom. The number of anilines is 1. The van der Waals surface area contributed by atoms with Gasteiger partial charge >= 0.3 is 0 Å². The Bertz CT molecular complexity index is 1450. The highest BCUT2D eigenvalue weighted by Crippen LogP contribution is 2.28. The molecular formula is C26H18Cl3N3O. The number of hydrogen-bond acceptors (Lipinski definition) is 2. The van der Waals surface area contributed by atoms with E-state index in [0.717, 1.165) is 27.6 Å². The smallest absolute Gasteiger partial charge is 0.266 e. The first-order valence-electron chi connectivity index (χ1n) is 10.1. The molecule has 33 heavy (non-hydrogen) atoms. The van der Waals surface area contributed by atoms with Gasteiger partial charge in [-0.25, -0.2) is 0 Å². The molecule has 7 heteroatoms. The summed E-state index contributed by atoms with van der Waals surface area (Å²) in [6.07, 6.45) is 3.50. The average molecular weight is 495 g/mol. The van der Waals surface area contributed by atoms with Gasteiger partial charge in [0.2, 0.25) is 0 Å². The zero-order chi connectivity index (χ0) is 23.5. The molecule has 3 aromatic carbocycles. The maximum atomic E-state index is 12.8. The summed E-state index contributed by atoms with van der Waals surface area (Å²) >= 11 is 18.5. The fourth-order valence-electron chi connectivity index (χ4n) is 3.53. The Balaban J connectivity index is 1.68. The number of aryl methyl sites for hydroxylation is 1. The average Bonchev–Trinajstić information content (AvgIpc) is 3.13. The third-order valence-electron chi connectivity index (χ3n) is 5.27. The number of benzene rings is 3. The standard InChI is InChI=1S/C26H18Cl3N3O/c1-16-6-9-21(12-23(16)28)31-26(33)18(13-30)10-19-15-32(25-5-3-2-4-22(19)25)14-17-7-8-20(27)11-24(17)29/h2-12,15H,14H2,1H3,(H,31,33)/b18-10-. The van der Waals surface area contributed by atoms with Crippen molar-refractivity contribution in [2.24, 2.45) is 0 Å². The largest absolute Gasteiger partial charge is 0.342 e. The number of nitrogens with one attached hydrogen (secondary N) is 1. The van der Waals surface area contributed by atoms with Crippen molar-refractivity contribution in [3.05, 3.63) is 104 Å². The van der Waals surface area contributed by atoms with Gasteiger partial charge in [0.15, 0.2) is 0 Å². The van der Waals surface area contributed by atoms with Crippen LogP contribution in [-0.2, 0) is 11.3 Å². The Morgan fingerprint density at radius 2 is 1.85 bits per heavy atom. The van der Waals surface area contributed by atoms with Crippen LogP contribution in [0.2, 0.25) is 15.1 Å². The summed E-state index contributed by atoms with van der Waals surface area (Å²) in [6, 6.07) is 20.4. The molecule has 0 fully saturated rings. The van der Waals surface area contributed by atoms with E-state index >= 15 is 0 Å².